The van der Waals surface area contributed by atoms with Gasteiger partial charge in [-0.05, 0) is 19.4 Å². The Kier molecular flexibility index (Phi) is 4.60. The molecule has 1 fully saturated rings. The summed E-state index contributed by atoms with van der Waals surface area (Å²) in [4.78, 5) is 2.48. The van der Waals surface area contributed by atoms with Gasteiger partial charge in [0.05, 0.1) is 12.2 Å². The van der Waals surface area contributed by atoms with Gasteiger partial charge in [-0.15, -0.1) is 0 Å². The average molecular weight is 298 g/mol. The summed E-state index contributed by atoms with van der Waals surface area (Å²) in [6, 6.07) is 8.75. The topological polar surface area (TPSA) is 12.5 Å². The lowest BCUT2D eigenvalue weighted by molar-refractivity contribution is -0.0678. The van der Waals surface area contributed by atoms with E-state index < -0.39 is 0 Å². The highest BCUT2D eigenvalue weighted by atomic mass is 79.9. The predicted octanol–water partition coefficient (Wildman–Crippen LogP) is 2.98. The normalized spacial score (nSPS) is 26.1. The highest BCUT2D eigenvalue weighted by molar-refractivity contribution is 9.09. The summed E-state index contributed by atoms with van der Waals surface area (Å²) < 4.78 is 5.84. The van der Waals surface area contributed by atoms with E-state index in [0.29, 0.717) is 12.2 Å². The molecular formula is C14H20BrNO. The van der Waals surface area contributed by atoms with E-state index in [-0.39, 0.29) is 0 Å². The van der Waals surface area contributed by atoms with Crippen molar-refractivity contribution < 1.29 is 4.74 Å². The Morgan fingerprint density at radius 3 is 2.94 bits per heavy atom. The average Bonchev–Trinajstić information content (AvgIpc) is 2.28. The minimum atomic E-state index is 0.323. The molecule has 0 aromatic heterocycles. The lowest BCUT2D eigenvalue weighted by Gasteiger charge is -2.36. The predicted molar refractivity (Wildman–Crippen MR) is 74.6 cm³/mol. The molecule has 2 nitrogen and oxygen atoms in total. The maximum atomic E-state index is 5.84. The van der Waals surface area contributed by atoms with Gasteiger partial charge in [-0.2, -0.15) is 0 Å². The number of morpholine rings is 1. The van der Waals surface area contributed by atoms with Crippen molar-refractivity contribution in [2.75, 3.05) is 18.4 Å². The summed E-state index contributed by atoms with van der Waals surface area (Å²) in [5.74, 6) is 0. The van der Waals surface area contributed by atoms with Crippen LogP contribution in [-0.2, 0) is 11.3 Å². The Morgan fingerprint density at radius 1 is 1.41 bits per heavy atom. The second-order valence-electron chi connectivity index (χ2n) is 4.91. The SMILES string of the molecule is Cc1cccc(CN2CC(C)OC(CBr)C2)c1. The fraction of sp³-hybridized carbons (Fsp3) is 0.571. The monoisotopic (exact) mass is 297 g/mol. The fourth-order valence-corrected chi connectivity index (χ4v) is 2.78. The maximum Gasteiger partial charge on any atom is 0.0802 e. The summed E-state index contributed by atoms with van der Waals surface area (Å²) in [5, 5.41) is 0.918. The molecule has 1 saturated heterocycles. The summed E-state index contributed by atoms with van der Waals surface area (Å²) in [6.07, 6.45) is 0.652. The number of hydrogen-bond donors (Lipinski definition) is 0. The molecule has 1 aromatic rings. The molecule has 1 aliphatic heterocycles. The second kappa shape index (κ2) is 5.98. The Bertz CT molecular complexity index is 369. The van der Waals surface area contributed by atoms with Gasteiger partial charge in [0.15, 0.2) is 0 Å². The zero-order valence-corrected chi connectivity index (χ0v) is 12.1. The third kappa shape index (κ3) is 3.80. The molecule has 17 heavy (non-hydrogen) atoms. The molecule has 0 amide bonds. The van der Waals surface area contributed by atoms with Gasteiger partial charge in [-0.25, -0.2) is 0 Å². The molecular weight excluding hydrogens is 278 g/mol. The van der Waals surface area contributed by atoms with Crippen LogP contribution in [-0.4, -0.2) is 35.5 Å². The first-order valence-electron chi connectivity index (χ1n) is 6.16. The van der Waals surface area contributed by atoms with Crippen molar-refractivity contribution in [2.45, 2.75) is 32.6 Å². The maximum absolute atomic E-state index is 5.84. The number of benzene rings is 1. The van der Waals surface area contributed by atoms with Crippen LogP contribution in [0, 0.1) is 6.92 Å². The number of halogens is 1. The van der Waals surface area contributed by atoms with E-state index in [9.17, 15) is 0 Å². The molecule has 94 valence electrons. The van der Waals surface area contributed by atoms with Crippen LogP contribution in [0.1, 0.15) is 18.1 Å². The quantitative estimate of drug-likeness (QED) is 0.796. The molecule has 0 radical (unpaired) electrons. The molecule has 2 unspecified atom stereocenters. The second-order valence-corrected chi connectivity index (χ2v) is 5.55. The molecule has 0 aliphatic carbocycles. The minimum Gasteiger partial charge on any atom is -0.372 e. The molecule has 0 N–H and O–H groups in total. The third-order valence-electron chi connectivity index (χ3n) is 3.06. The van der Waals surface area contributed by atoms with E-state index in [1.165, 1.54) is 11.1 Å². The number of rotatable bonds is 3. The standard InChI is InChI=1S/C14H20BrNO/c1-11-4-3-5-13(6-11)9-16-8-12(2)17-14(7-15)10-16/h3-6,12,14H,7-10H2,1-2H3. The van der Waals surface area contributed by atoms with Gasteiger partial charge in [0.2, 0.25) is 0 Å². The Balaban J connectivity index is 1.98. The van der Waals surface area contributed by atoms with Crippen LogP contribution >= 0.6 is 15.9 Å². The number of alkyl halides is 1. The third-order valence-corrected chi connectivity index (χ3v) is 3.78. The van der Waals surface area contributed by atoms with Crippen molar-refractivity contribution in [1.29, 1.82) is 0 Å². The van der Waals surface area contributed by atoms with Gasteiger partial charge in [0, 0.05) is 25.0 Å². The first-order valence-corrected chi connectivity index (χ1v) is 7.29. The molecule has 2 atom stereocenters. The van der Waals surface area contributed by atoms with Crippen LogP contribution < -0.4 is 0 Å². The van der Waals surface area contributed by atoms with Crippen molar-refractivity contribution >= 4 is 15.9 Å². The zero-order valence-electron chi connectivity index (χ0n) is 10.5. The lowest BCUT2D eigenvalue weighted by atomic mass is 10.1. The summed E-state index contributed by atoms with van der Waals surface area (Å²) in [6.45, 7) is 7.37. The highest BCUT2D eigenvalue weighted by Gasteiger charge is 2.24. The van der Waals surface area contributed by atoms with Crippen molar-refractivity contribution in [3.05, 3.63) is 35.4 Å². The van der Waals surface area contributed by atoms with Gasteiger partial charge in [-0.1, -0.05) is 45.8 Å². The number of nitrogens with zero attached hydrogens (tertiary/aromatic N) is 1. The minimum absolute atomic E-state index is 0.323. The zero-order chi connectivity index (χ0) is 12.3. The first kappa shape index (κ1) is 13.1. The van der Waals surface area contributed by atoms with Crippen LogP contribution in [0.25, 0.3) is 0 Å². The van der Waals surface area contributed by atoms with Crippen LogP contribution in [0.4, 0.5) is 0 Å². The fourth-order valence-electron chi connectivity index (χ4n) is 2.42. The van der Waals surface area contributed by atoms with E-state index in [2.05, 4.69) is 58.9 Å². The Hall–Kier alpha value is -0.380. The molecule has 0 bridgehead atoms. The summed E-state index contributed by atoms with van der Waals surface area (Å²) in [5.41, 5.74) is 2.73. The highest BCUT2D eigenvalue weighted by Crippen LogP contribution is 2.16. The van der Waals surface area contributed by atoms with Crippen LogP contribution in [0.3, 0.4) is 0 Å². The number of ether oxygens (including phenoxy) is 1. The largest absolute Gasteiger partial charge is 0.372 e. The van der Waals surface area contributed by atoms with Gasteiger partial charge in [-0.3, -0.25) is 4.90 Å². The molecule has 1 aliphatic rings. The molecule has 1 heterocycles. The molecule has 0 saturated carbocycles. The number of hydrogen-bond acceptors (Lipinski definition) is 2. The summed E-state index contributed by atoms with van der Waals surface area (Å²) in [7, 11) is 0. The van der Waals surface area contributed by atoms with Gasteiger partial charge in [0.1, 0.15) is 0 Å². The van der Waals surface area contributed by atoms with Crippen molar-refractivity contribution in [2.24, 2.45) is 0 Å². The van der Waals surface area contributed by atoms with E-state index in [4.69, 9.17) is 4.74 Å². The van der Waals surface area contributed by atoms with Gasteiger partial charge in [0.25, 0.3) is 0 Å². The molecule has 1 aromatic carbocycles. The Labute approximate surface area is 112 Å². The number of aryl methyl sites for hydroxylation is 1. The van der Waals surface area contributed by atoms with Crippen molar-refractivity contribution in [3.63, 3.8) is 0 Å². The van der Waals surface area contributed by atoms with Crippen LogP contribution in [0.2, 0.25) is 0 Å². The van der Waals surface area contributed by atoms with Crippen molar-refractivity contribution in [1.82, 2.24) is 4.90 Å². The van der Waals surface area contributed by atoms with Gasteiger partial charge >= 0.3 is 0 Å². The van der Waals surface area contributed by atoms with E-state index in [0.717, 1.165) is 25.0 Å². The first-order chi connectivity index (χ1) is 8.17. The molecule has 2 rings (SSSR count). The van der Waals surface area contributed by atoms with Crippen molar-refractivity contribution in [3.8, 4) is 0 Å². The van der Waals surface area contributed by atoms with E-state index in [1.807, 2.05) is 0 Å². The summed E-state index contributed by atoms with van der Waals surface area (Å²) >= 11 is 3.51. The van der Waals surface area contributed by atoms with E-state index >= 15 is 0 Å². The van der Waals surface area contributed by atoms with Crippen LogP contribution in [0.5, 0.6) is 0 Å². The molecule has 3 heteroatoms. The lowest BCUT2D eigenvalue weighted by Crippen LogP contribution is -2.46. The smallest absolute Gasteiger partial charge is 0.0802 e. The van der Waals surface area contributed by atoms with Gasteiger partial charge < -0.3 is 4.74 Å². The molecule has 0 spiro atoms. The van der Waals surface area contributed by atoms with Crippen LogP contribution in [0.15, 0.2) is 24.3 Å². The van der Waals surface area contributed by atoms with E-state index in [1.54, 1.807) is 0 Å². The Morgan fingerprint density at radius 2 is 2.24 bits per heavy atom.